The van der Waals surface area contributed by atoms with E-state index in [0.717, 1.165) is 5.56 Å². The molecule has 0 fully saturated rings. The predicted octanol–water partition coefficient (Wildman–Crippen LogP) is 0.243. The third kappa shape index (κ3) is 5.38. The Kier molecular flexibility index (Phi) is 7.10. The van der Waals surface area contributed by atoms with Crippen molar-refractivity contribution >= 4 is 5.91 Å². The molecule has 19 heavy (non-hydrogen) atoms. The topological polar surface area (TPSA) is 84.6 Å². The fourth-order valence-electron chi connectivity index (χ4n) is 1.84. The normalized spacial score (nSPS) is 13.8. The standard InChI is InChI=1S/C14H22N2O3/c1-19-10-12(17)7-8-16-14(18)13(9-15)11-5-3-2-4-6-11/h2-6,12-13,17H,7-10,15H2,1H3,(H,16,18). The lowest BCUT2D eigenvalue weighted by Crippen LogP contribution is -2.35. The molecule has 1 amide bonds. The second-order valence-corrected chi connectivity index (χ2v) is 4.39. The van der Waals surface area contributed by atoms with Crippen LogP contribution in [-0.2, 0) is 9.53 Å². The van der Waals surface area contributed by atoms with Crippen molar-refractivity contribution in [1.29, 1.82) is 0 Å². The fourth-order valence-corrected chi connectivity index (χ4v) is 1.84. The highest BCUT2D eigenvalue weighted by atomic mass is 16.5. The molecule has 2 unspecified atom stereocenters. The molecule has 0 aliphatic heterocycles. The zero-order chi connectivity index (χ0) is 14.1. The molecule has 0 saturated carbocycles. The molecule has 2 atom stereocenters. The van der Waals surface area contributed by atoms with Crippen LogP contribution in [0, 0.1) is 0 Å². The third-order valence-corrected chi connectivity index (χ3v) is 2.89. The molecule has 0 aliphatic rings. The lowest BCUT2D eigenvalue weighted by Gasteiger charge is -2.16. The van der Waals surface area contributed by atoms with Crippen LogP contribution in [0.25, 0.3) is 0 Å². The van der Waals surface area contributed by atoms with Gasteiger partial charge >= 0.3 is 0 Å². The van der Waals surface area contributed by atoms with Crippen LogP contribution in [0.3, 0.4) is 0 Å². The summed E-state index contributed by atoms with van der Waals surface area (Å²) in [5.74, 6) is -0.459. The maximum Gasteiger partial charge on any atom is 0.228 e. The third-order valence-electron chi connectivity index (χ3n) is 2.89. The second kappa shape index (κ2) is 8.63. The van der Waals surface area contributed by atoms with Crippen molar-refractivity contribution in [2.45, 2.75) is 18.4 Å². The Labute approximate surface area is 113 Å². The molecular weight excluding hydrogens is 244 g/mol. The smallest absolute Gasteiger partial charge is 0.228 e. The number of aliphatic hydroxyl groups is 1. The monoisotopic (exact) mass is 266 g/mol. The molecule has 0 heterocycles. The molecular formula is C14H22N2O3. The van der Waals surface area contributed by atoms with Gasteiger partial charge in [-0.15, -0.1) is 0 Å². The number of carbonyl (C=O) groups excluding carboxylic acids is 1. The second-order valence-electron chi connectivity index (χ2n) is 4.39. The van der Waals surface area contributed by atoms with Gasteiger partial charge in [-0.25, -0.2) is 0 Å². The number of methoxy groups -OCH3 is 1. The molecule has 106 valence electrons. The van der Waals surface area contributed by atoms with Crippen molar-refractivity contribution in [2.24, 2.45) is 5.73 Å². The van der Waals surface area contributed by atoms with E-state index >= 15 is 0 Å². The van der Waals surface area contributed by atoms with Crippen LogP contribution in [-0.4, -0.2) is 43.9 Å². The van der Waals surface area contributed by atoms with Gasteiger partial charge in [0, 0.05) is 20.2 Å². The molecule has 5 heteroatoms. The number of nitrogens with one attached hydrogen (secondary N) is 1. The van der Waals surface area contributed by atoms with E-state index < -0.39 is 6.10 Å². The van der Waals surface area contributed by atoms with Gasteiger partial charge in [0.15, 0.2) is 0 Å². The molecule has 1 aromatic rings. The largest absolute Gasteiger partial charge is 0.391 e. The average molecular weight is 266 g/mol. The summed E-state index contributed by atoms with van der Waals surface area (Å²) in [7, 11) is 1.53. The number of nitrogens with two attached hydrogens (primary N) is 1. The van der Waals surface area contributed by atoms with Gasteiger partial charge < -0.3 is 20.9 Å². The highest BCUT2D eigenvalue weighted by Gasteiger charge is 2.18. The van der Waals surface area contributed by atoms with E-state index in [-0.39, 0.29) is 25.0 Å². The summed E-state index contributed by atoms with van der Waals surface area (Å²) in [4.78, 5) is 12.0. The molecule has 0 bridgehead atoms. The SMILES string of the molecule is COCC(O)CCNC(=O)C(CN)c1ccccc1. The van der Waals surface area contributed by atoms with Crippen LogP contribution in [0.5, 0.6) is 0 Å². The number of amides is 1. The zero-order valence-corrected chi connectivity index (χ0v) is 11.2. The van der Waals surface area contributed by atoms with Crippen molar-refractivity contribution in [3.05, 3.63) is 35.9 Å². The van der Waals surface area contributed by atoms with E-state index in [1.165, 1.54) is 7.11 Å². The first kappa shape index (κ1) is 15.6. The van der Waals surface area contributed by atoms with Crippen molar-refractivity contribution in [3.8, 4) is 0 Å². The van der Waals surface area contributed by atoms with E-state index in [4.69, 9.17) is 10.5 Å². The van der Waals surface area contributed by atoms with Crippen LogP contribution in [0.2, 0.25) is 0 Å². The lowest BCUT2D eigenvalue weighted by molar-refractivity contribution is -0.122. The Bertz CT molecular complexity index is 370. The first-order valence-corrected chi connectivity index (χ1v) is 6.38. The van der Waals surface area contributed by atoms with E-state index in [2.05, 4.69) is 5.32 Å². The number of hydrogen-bond acceptors (Lipinski definition) is 4. The number of ether oxygens (including phenoxy) is 1. The molecule has 0 spiro atoms. The van der Waals surface area contributed by atoms with Crippen LogP contribution in [0.15, 0.2) is 30.3 Å². The summed E-state index contributed by atoms with van der Waals surface area (Å²) in [6, 6.07) is 9.44. The Morgan fingerprint density at radius 3 is 2.68 bits per heavy atom. The van der Waals surface area contributed by atoms with Crippen molar-refractivity contribution < 1.29 is 14.6 Å². The van der Waals surface area contributed by atoms with Gasteiger partial charge in [-0.3, -0.25) is 4.79 Å². The van der Waals surface area contributed by atoms with Crippen molar-refractivity contribution in [2.75, 3.05) is 26.8 Å². The van der Waals surface area contributed by atoms with E-state index in [9.17, 15) is 9.90 Å². The van der Waals surface area contributed by atoms with Crippen LogP contribution < -0.4 is 11.1 Å². The Hall–Kier alpha value is -1.43. The van der Waals surface area contributed by atoms with Gasteiger partial charge in [-0.05, 0) is 12.0 Å². The van der Waals surface area contributed by atoms with Crippen molar-refractivity contribution in [1.82, 2.24) is 5.32 Å². The quantitative estimate of drug-likeness (QED) is 0.629. The fraction of sp³-hybridized carbons (Fsp3) is 0.500. The molecule has 0 saturated heterocycles. The summed E-state index contributed by atoms with van der Waals surface area (Å²) < 4.78 is 4.82. The summed E-state index contributed by atoms with van der Waals surface area (Å²) in [5, 5.41) is 12.3. The molecule has 5 nitrogen and oxygen atoms in total. The van der Waals surface area contributed by atoms with Gasteiger partial charge in [0.1, 0.15) is 0 Å². The van der Waals surface area contributed by atoms with Crippen LogP contribution in [0.1, 0.15) is 17.9 Å². The highest BCUT2D eigenvalue weighted by molar-refractivity contribution is 5.83. The van der Waals surface area contributed by atoms with Crippen molar-refractivity contribution in [3.63, 3.8) is 0 Å². The molecule has 1 rings (SSSR count). The highest BCUT2D eigenvalue weighted by Crippen LogP contribution is 2.13. The summed E-state index contributed by atoms with van der Waals surface area (Å²) in [5.41, 5.74) is 6.56. The van der Waals surface area contributed by atoms with Crippen LogP contribution >= 0.6 is 0 Å². The molecule has 1 aromatic carbocycles. The Morgan fingerprint density at radius 1 is 1.42 bits per heavy atom. The van der Waals surface area contributed by atoms with Gasteiger partial charge in [0.05, 0.1) is 18.6 Å². The first-order valence-electron chi connectivity index (χ1n) is 6.38. The predicted molar refractivity (Wildman–Crippen MR) is 73.7 cm³/mol. The summed E-state index contributed by atoms with van der Waals surface area (Å²) >= 11 is 0. The summed E-state index contributed by atoms with van der Waals surface area (Å²) in [6.07, 6.45) is -0.0931. The Balaban J connectivity index is 2.43. The minimum atomic E-state index is -0.557. The van der Waals surface area contributed by atoms with E-state index in [0.29, 0.717) is 13.0 Å². The molecule has 0 aliphatic carbocycles. The lowest BCUT2D eigenvalue weighted by atomic mass is 9.98. The zero-order valence-electron chi connectivity index (χ0n) is 11.2. The van der Waals surface area contributed by atoms with Crippen LogP contribution in [0.4, 0.5) is 0 Å². The van der Waals surface area contributed by atoms with Gasteiger partial charge in [-0.1, -0.05) is 30.3 Å². The maximum absolute atomic E-state index is 12.0. The number of hydrogen-bond donors (Lipinski definition) is 3. The molecule has 0 aromatic heterocycles. The minimum Gasteiger partial charge on any atom is -0.391 e. The Morgan fingerprint density at radius 2 is 2.11 bits per heavy atom. The van der Waals surface area contributed by atoms with Gasteiger partial charge in [-0.2, -0.15) is 0 Å². The van der Waals surface area contributed by atoms with E-state index in [1.54, 1.807) is 0 Å². The number of rotatable bonds is 8. The molecule has 4 N–H and O–H groups in total. The number of benzene rings is 1. The van der Waals surface area contributed by atoms with E-state index in [1.807, 2.05) is 30.3 Å². The number of aliphatic hydroxyl groups excluding tert-OH is 1. The average Bonchev–Trinajstić information content (AvgIpc) is 2.41. The molecule has 0 radical (unpaired) electrons. The minimum absolute atomic E-state index is 0.113. The number of carbonyl (C=O) groups is 1. The van der Waals surface area contributed by atoms with Gasteiger partial charge in [0.2, 0.25) is 5.91 Å². The maximum atomic E-state index is 12.0. The first-order chi connectivity index (χ1) is 9.19. The summed E-state index contributed by atoms with van der Waals surface area (Å²) in [6.45, 7) is 0.942. The van der Waals surface area contributed by atoms with Gasteiger partial charge in [0.25, 0.3) is 0 Å².